The number of rotatable bonds is 7. The highest BCUT2D eigenvalue weighted by atomic mass is 32.2. The number of pyridine rings is 1. The standard InChI is InChI=1S/C25H30N6O3S/c1-4-26-24-13-23-22(15-27-24)25(17-14-28-30(2)16-17)29-31(23)18-8-10-19(11-9-18)34-20-6-5-7-21(12-20)35(3,32)33/h5-7,12-16,18-19H,4,8-11H2,1-3H3,(H,26,27)/t18-,19+. The van der Waals surface area contributed by atoms with E-state index in [1.165, 1.54) is 6.26 Å². The summed E-state index contributed by atoms with van der Waals surface area (Å²) in [4.78, 5) is 4.85. The first-order valence-electron chi connectivity index (χ1n) is 11.9. The van der Waals surface area contributed by atoms with Gasteiger partial charge in [0.1, 0.15) is 17.3 Å². The van der Waals surface area contributed by atoms with Crippen LogP contribution in [0.25, 0.3) is 22.2 Å². The van der Waals surface area contributed by atoms with Gasteiger partial charge in [-0.05, 0) is 50.8 Å². The maximum atomic E-state index is 11.9. The zero-order chi connectivity index (χ0) is 24.6. The number of nitrogens with one attached hydrogen (secondary N) is 1. The van der Waals surface area contributed by atoms with Crippen LogP contribution < -0.4 is 10.1 Å². The number of anilines is 1. The number of benzene rings is 1. The lowest BCUT2D eigenvalue weighted by Gasteiger charge is -2.29. The van der Waals surface area contributed by atoms with Crippen molar-refractivity contribution in [3.05, 3.63) is 48.9 Å². The lowest BCUT2D eigenvalue weighted by molar-refractivity contribution is 0.130. The molecule has 9 nitrogen and oxygen atoms in total. The Hall–Kier alpha value is -3.40. The van der Waals surface area contributed by atoms with Crippen molar-refractivity contribution < 1.29 is 13.2 Å². The number of ether oxygens (including phenoxy) is 1. The van der Waals surface area contributed by atoms with E-state index in [4.69, 9.17) is 9.84 Å². The van der Waals surface area contributed by atoms with E-state index in [2.05, 4.69) is 33.1 Å². The van der Waals surface area contributed by atoms with Gasteiger partial charge < -0.3 is 10.1 Å². The van der Waals surface area contributed by atoms with Gasteiger partial charge in [0.05, 0.1) is 28.8 Å². The topological polar surface area (TPSA) is 104 Å². The number of fused-ring (bicyclic) bond motifs is 1. The third-order valence-corrected chi connectivity index (χ3v) is 7.56. The maximum absolute atomic E-state index is 11.9. The summed E-state index contributed by atoms with van der Waals surface area (Å²) < 4.78 is 33.8. The van der Waals surface area contributed by atoms with Crippen molar-refractivity contribution in [2.75, 3.05) is 18.1 Å². The normalized spacial score (nSPS) is 18.6. The molecule has 1 N–H and O–H groups in total. The van der Waals surface area contributed by atoms with E-state index in [1.807, 2.05) is 31.7 Å². The summed E-state index contributed by atoms with van der Waals surface area (Å²) in [5.74, 6) is 1.43. The molecule has 0 unspecified atom stereocenters. The van der Waals surface area contributed by atoms with Crippen LogP contribution in [-0.2, 0) is 16.9 Å². The van der Waals surface area contributed by atoms with Crippen molar-refractivity contribution in [1.82, 2.24) is 24.5 Å². The molecule has 0 radical (unpaired) electrons. The smallest absolute Gasteiger partial charge is 0.175 e. The van der Waals surface area contributed by atoms with Gasteiger partial charge in [0.25, 0.3) is 0 Å². The number of hydrogen-bond donors (Lipinski definition) is 1. The number of nitrogens with zero attached hydrogens (tertiary/aromatic N) is 5. The molecule has 1 aliphatic carbocycles. The van der Waals surface area contributed by atoms with E-state index in [0.717, 1.165) is 60.2 Å². The number of hydrogen-bond acceptors (Lipinski definition) is 7. The molecule has 0 bridgehead atoms. The monoisotopic (exact) mass is 494 g/mol. The summed E-state index contributed by atoms with van der Waals surface area (Å²) in [5, 5.41) is 13.7. The molecule has 0 spiro atoms. The minimum absolute atomic E-state index is 0.0414. The molecule has 0 amide bonds. The zero-order valence-corrected chi connectivity index (χ0v) is 21.0. The van der Waals surface area contributed by atoms with E-state index >= 15 is 0 Å². The molecule has 3 aromatic heterocycles. The minimum atomic E-state index is -3.27. The first-order chi connectivity index (χ1) is 16.8. The molecular formula is C25H30N6O3S. The molecule has 10 heteroatoms. The van der Waals surface area contributed by atoms with Crippen LogP contribution in [0, 0.1) is 0 Å². The average Bonchev–Trinajstić information content (AvgIpc) is 3.43. The summed E-state index contributed by atoms with van der Waals surface area (Å²) in [7, 11) is -1.37. The van der Waals surface area contributed by atoms with Crippen LogP contribution in [0.5, 0.6) is 5.75 Å². The molecule has 5 rings (SSSR count). The van der Waals surface area contributed by atoms with Crippen molar-refractivity contribution in [3.63, 3.8) is 0 Å². The van der Waals surface area contributed by atoms with Crippen molar-refractivity contribution in [2.24, 2.45) is 7.05 Å². The predicted octanol–water partition coefficient (Wildman–Crippen LogP) is 4.23. The largest absolute Gasteiger partial charge is 0.490 e. The van der Waals surface area contributed by atoms with Gasteiger partial charge >= 0.3 is 0 Å². The Morgan fingerprint density at radius 1 is 1.14 bits per heavy atom. The van der Waals surface area contributed by atoms with Crippen molar-refractivity contribution >= 4 is 26.6 Å². The SMILES string of the molecule is CCNc1cc2c(cn1)c(-c1cnn(C)c1)nn2[C@H]1CC[C@@H](Oc2cccc(S(C)(=O)=O)c2)CC1. The van der Waals surface area contributed by atoms with E-state index in [9.17, 15) is 8.42 Å². The molecule has 35 heavy (non-hydrogen) atoms. The van der Waals surface area contributed by atoms with Gasteiger partial charge in [0.2, 0.25) is 0 Å². The van der Waals surface area contributed by atoms with Gasteiger partial charge in [-0.25, -0.2) is 13.4 Å². The van der Waals surface area contributed by atoms with Crippen LogP contribution in [-0.4, -0.2) is 51.9 Å². The van der Waals surface area contributed by atoms with Crippen LogP contribution >= 0.6 is 0 Å². The fourth-order valence-corrected chi connectivity index (χ4v) is 5.38. The van der Waals surface area contributed by atoms with Gasteiger partial charge in [-0.3, -0.25) is 9.36 Å². The number of aromatic nitrogens is 5. The third kappa shape index (κ3) is 4.88. The van der Waals surface area contributed by atoms with Crippen LogP contribution in [0.15, 0.2) is 53.8 Å². The van der Waals surface area contributed by atoms with Crippen LogP contribution in [0.3, 0.4) is 0 Å². The Labute approximate surface area is 205 Å². The molecule has 4 aromatic rings. The van der Waals surface area contributed by atoms with E-state index < -0.39 is 9.84 Å². The van der Waals surface area contributed by atoms with E-state index in [1.54, 1.807) is 22.9 Å². The van der Waals surface area contributed by atoms with Gasteiger partial charge in [0.15, 0.2) is 9.84 Å². The fraction of sp³-hybridized carbons (Fsp3) is 0.400. The second-order valence-corrected chi connectivity index (χ2v) is 11.1. The summed E-state index contributed by atoms with van der Waals surface area (Å²) in [6, 6.07) is 9.06. The zero-order valence-electron chi connectivity index (χ0n) is 20.2. The number of aryl methyl sites for hydroxylation is 1. The van der Waals surface area contributed by atoms with E-state index in [-0.39, 0.29) is 17.0 Å². The lowest BCUT2D eigenvalue weighted by Crippen LogP contribution is -2.26. The summed E-state index contributed by atoms with van der Waals surface area (Å²) in [5.41, 5.74) is 2.91. The van der Waals surface area contributed by atoms with Crippen molar-refractivity contribution in [1.29, 1.82) is 0 Å². The van der Waals surface area contributed by atoms with Gasteiger partial charge in [-0.15, -0.1) is 0 Å². The Bertz CT molecular complexity index is 1450. The summed E-state index contributed by atoms with van der Waals surface area (Å²) in [6.07, 6.45) is 10.5. The van der Waals surface area contributed by atoms with Gasteiger partial charge in [0, 0.05) is 49.3 Å². The minimum Gasteiger partial charge on any atom is -0.490 e. The molecule has 1 aliphatic rings. The van der Waals surface area contributed by atoms with Crippen LogP contribution in [0.4, 0.5) is 5.82 Å². The van der Waals surface area contributed by atoms with Crippen molar-refractivity contribution in [3.8, 4) is 17.0 Å². The molecule has 3 heterocycles. The molecular weight excluding hydrogens is 464 g/mol. The Morgan fingerprint density at radius 2 is 1.94 bits per heavy atom. The second-order valence-electron chi connectivity index (χ2n) is 9.11. The Kier molecular flexibility index (Phi) is 6.22. The first kappa shape index (κ1) is 23.3. The maximum Gasteiger partial charge on any atom is 0.175 e. The van der Waals surface area contributed by atoms with Crippen LogP contribution in [0.1, 0.15) is 38.6 Å². The predicted molar refractivity (Wildman–Crippen MR) is 135 cm³/mol. The average molecular weight is 495 g/mol. The highest BCUT2D eigenvalue weighted by Crippen LogP contribution is 2.36. The lowest BCUT2D eigenvalue weighted by atomic mass is 9.93. The molecule has 0 saturated heterocycles. The summed E-state index contributed by atoms with van der Waals surface area (Å²) >= 11 is 0. The highest BCUT2D eigenvalue weighted by Gasteiger charge is 2.27. The molecule has 0 atom stereocenters. The fourth-order valence-electron chi connectivity index (χ4n) is 4.72. The first-order valence-corrected chi connectivity index (χ1v) is 13.8. The molecule has 0 aliphatic heterocycles. The third-order valence-electron chi connectivity index (χ3n) is 6.45. The summed E-state index contributed by atoms with van der Waals surface area (Å²) in [6.45, 7) is 2.85. The molecule has 1 aromatic carbocycles. The Morgan fingerprint density at radius 3 is 2.63 bits per heavy atom. The van der Waals surface area contributed by atoms with Gasteiger partial charge in [-0.2, -0.15) is 10.2 Å². The second kappa shape index (κ2) is 9.33. The molecule has 184 valence electrons. The molecule has 1 saturated carbocycles. The van der Waals surface area contributed by atoms with Crippen molar-refractivity contribution in [2.45, 2.75) is 49.6 Å². The number of sulfone groups is 1. The van der Waals surface area contributed by atoms with E-state index in [0.29, 0.717) is 5.75 Å². The molecule has 1 fully saturated rings. The van der Waals surface area contributed by atoms with Crippen LogP contribution in [0.2, 0.25) is 0 Å². The van der Waals surface area contributed by atoms with Gasteiger partial charge in [-0.1, -0.05) is 6.07 Å². The Balaban J connectivity index is 1.38. The quantitative estimate of drug-likeness (QED) is 0.410. The highest BCUT2D eigenvalue weighted by molar-refractivity contribution is 7.90.